The maximum Gasteiger partial charge on any atom is 0.0360 e. The molecule has 1 N–H and O–H groups in total. The molecule has 1 rings (SSSR count). The molecule has 1 fully saturated rings. The molecule has 0 atom stereocenters. The zero-order valence-electron chi connectivity index (χ0n) is 6.14. The van der Waals surface area contributed by atoms with Gasteiger partial charge in [-0.25, -0.2) is 0 Å². The molecule has 0 amide bonds. The van der Waals surface area contributed by atoms with Gasteiger partial charge < -0.3 is 5.32 Å². The van der Waals surface area contributed by atoms with Crippen LogP contribution >= 0.6 is 0 Å². The third kappa shape index (κ3) is 4.60. The van der Waals surface area contributed by atoms with Crippen LogP contribution in [0, 0.1) is 0 Å². The molecule has 0 spiro atoms. The summed E-state index contributed by atoms with van der Waals surface area (Å²) < 4.78 is 10.5. The van der Waals surface area contributed by atoms with E-state index in [1.807, 2.05) is 13.8 Å². The molecule has 0 bridgehead atoms. The Kier molecular flexibility index (Phi) is 6.31. The highest BCUT2D eigenvalue weighted by Crippen LogP contribution is 1.84. The highest BCUT2D eigenvalue weighted by atomic mass is 32.2. The van der Waals surface area contributed by atoms with Crippen LogP contribution in [0.25, 0.3) is 0 Å². The minimum absolute atomic E-state index is 0. The van der Waals surface area contributed by atoms with E-state index < -0.39 is 10.8 Å². The third-order valence-electron chi connectivity index (χ3n) is 1.01. The Morgan fingerprint density at radius 1 is 1.33 bits per heavy atom. The molecule has 1 aliphatic heterocycles. The van der Waals surface area contributed by atoms with Gasteiger partial charge in [-0.15, -0.1) is 0 Å². The first kappa shape index (κ1) is 9.11. The standard InChI is InChI=1S/C4H9NOS.C2H6.H2/c6-7-3-1-5-2-4-7;1-2;/h5H,1-4H2;1-2H3;1H. The molecule has 1 saturated heterocycles. The third-order valence-corrected chi connectivity index (χ3v) is 2.33. The fourth-order valence-electron chi connectivity index (χ4n) is 0.599. The monoisotopic (exact) mass is 151 g/mol. The molecule has 1 heterocycles. The molecular formula is C6H17NOS. The van der Waals surface area contributed by atoms with Crippen molar-refractivity contribution in [2.24, 2.45) is 0 Å². The van der Waals surface area contributed by atoms with Crippen molar-refractivity contribution in [3.63, 3.8) is 0 Å². The molecule has 1 aliphatic rings. The highest BCUT2D eigenvalue weighted by molar-refractivity contribution is 7.85. The van der Waals surface area contributed by atoms with Crippen LogP contribution in [0.5, 0.6) is 0 Å². The van der Waals surface area contributed by atoms with Gasteiger partial charge in [-0.2, -0.15) is 0 Å². The largest absolute Gasteiger partial charge is 0.315 e. The Hall–Kier alpha value is 0.110. The topological polar surface area (TPSA) is 29.1 Å². The van der Waals surface area contributed by atoms with Crippen LogP contribution in [-0.4, -0.2) is 28.8 Å². The quantitative estimate of drug-likeness (QED) is 0.549. The summed E-state index contributed by atoms with van der Waals surface area (Å²) in [5, 5.41) is 3.12. The average Bonchev–Trinajstić information content (AvgIpc) is 1.94. The predicted octanol–water partition coefficient (Wildman–Crippen LogP) is 0.611. The number of hydrogen-bond donors (Lipinski definition) is 1. The fraction of sp³-hybridized carbons (Fsp3) is 1.00. The summed E-state index contributed by atoms with van der Waals surface area (Å²) in [6, 6.07) is 0. The van der Waals surface area contributed by atoms with Crippen molar-refractivity contribution in [3.8, 4) is 0 Å². The van der Waals surface area contributed by atoms with Gasteiger partial charge in [0.25, 0.3) is 0 Å². The molecule has 3 heteroatoms. The van der Waals surface area contributed by atoms with Crippen LogP contribution in [-0.2, 0) is 10.8 Å². The zero-order valence-corrected chi connectivity index (χ0v) is 6.96. The predicted molar refractivity (Wildman–Crippen MR) is 44.2 cm³/mol. The minimum atomic E-state index is -0.503. The lowest BCUT2D eigenvalue weighted by atomic mass is 10.6. The molecule has 2 nitrogen and oxygen atoms in total. The van der Waals surface area contributed by atoms with Crippen LogP contribution in [0.3, 0.4) is 0 Å². The molecule has 0 aromatic carbocycles. The number of rotatable bonds is 0. The lowest BCUT2D eigenvalue weighted by molar-refractivity contribution is 0.659. The minimum Gasteiger partial charge on any atom is -0.315 e. The van der Waals surface area contributed by atoms with Gasteiger partial charge in [0, 0.05) is 36.8 Å². The second kappa shape index (κ2) is 6.23. The zero-order chi connectivity index (χ0) is 7.11. The summed E-state index contributed by atoms with van der Waals surface area (Å²) in [7, 11) is -0.503. The summed E-state index contributed by atoms with van der Waals surface area (Å²) in [4.78, 5) is 0. The van der Waals surface area contributed by atoms with Gasteiger partial charge >= 0.3 is 0 Å². The maximum absolute atomic E-state index is 10.5. The van der Waals surface area contributed by atoms with Gasteiger partial charge in [-0.05, 0) is 0 Å². The Morgan fingerprint density at radius 2 is 1.78 bits per heavy atom. The van der Waals surface area contributed by atoms with Crippen LogP contribution in [0.2, 0.25) is 0 Å². The van der Waals surface area contributed by atoms with E-state index in [1.165, 1.54) is 0 Å². The van der Waals surface area contributed by atoms with Gasteiger partial charge in [0.05, 0.1) is 0 Å². The van der Waals surface area contributed by atoms with Crippen LogP contribution < -0.4 is 5.32 Å². The summed E-state index contributed by atoms with van der Waals surface area (Å²) in [6.07, 6.45) is 0. The molecule has 0 aromatic rings. The molecule has 0 aliphatic carbocycles. The van der Waals surface area contributed by atoms with Crippen LogP contribution in [0.4, 0.5) is 0 Å². The van der Waals surface area contributed by atoms with Crippen molar-refractivity contribution in [1.82, 2.24) is 5.32 Å². The second-order valence-corrected chi connectivity index (χ2v) is 3.29. The van der Waals surface area contributed by atoms with Crippen molar-refractivity contribution in [1.29, 1.82) is 0 Å². The lowest BCUT2D eigenvalue weighted by Crippen LogP contribution is -2.32. The van der Waals surface area contributed by atoms with Gasteiger partial charge in [0.1, 0.15) is 0 Å². The van der Waals surface area contributed by atoms with E-state index in [4.69, 9.17) is 0 Å². The SMILES string of the molecule is CC.O=S1CCNCC1.[HH]. The van der Waals surface area contributed by atoms with Crippen molar-refractivity contribution >= 4 is 10.8 Å². The summed E-state index contributed by atoms with van der Waals surface area (Å²) in [5.74, 6) is 1.69. The van der Waals surface area contributed by atoms with E-state index in [-0.39, 0.29) is 1.43 Å². The smallest absolute Gasteiger partial charge is 0.0360 e. The molecular weight excluding hydrogens is 134 g/mol. The van der Waals surface area contributed by atoms with Gasteiger partial charge in [-0.1, -0.05) is 13.8 Å². The Bertz CT molecular complexity index is 81.8. The Balaban J connectivity index is 0. The summed E-state index contributed by atoms with van der Waals surface area (Å²) in [6.45, 7) is 5.87. The van der Waals surface area contributed by atoms with Gasteiger partial charge in [0.2, 0.25) is 0 Å². The van der Waals surface area contributed by atoms with Crippen molar-refractivity contribution in [2.75, 3.05) is 24.6 Å². The van der Waals surface area contributed by atoms with E-state index in [2.05, 4.69) is 5.32 Å². The first-order chi connectivity index (χ1) is 4.39. The van der Waals surface area contributed by atoms with E-state index in [9.17, 15) is 4.21 Å². The average molecular weight is 151 g/mol. The van der Waals surface area contributed by atoms with Crippen LogP contribution in [0.15, 0.2) is 0 Å². The van der Waals surface area contributed by atoms with E-state index in [1.54, 1.807) is 0 Å². The molecule has 0 aromatic heterocycles. The van der Waals surface area contributed by atoms with Crippen molar-refractivity contribution in [3.05, 3.63) is 0 Å². The first-order valence-corrected chi connectivity index (χ1v) is 4.94. The molecule has 9 heavy (non-hydrogen) atoms. The number of nitrogens with one attached hydrogen (secondary N) is 1. The van der Waals surface area contributed by atoms with E-state index in [0.717, 1.165) is 24.6 Å². The van der Waals surface area contributed by atoms with Crippen molar-refractivity contribution < 1.29 is 5.64 Å². The van der Waals surface area contributed by atoms with Gasteiger partial charge in [0.15, 0.2) is 0 Å². The first-order valence-electron chi connectivity index (χ1n) is 3.45. The maximum atomic E-state index is 10.5. The molecule has 0 radical (unpaired) electrons. The Labute approximate surface area is 61.0 Å². The molecule has 0 unspecified atom stereocenters. The second-order valence-electron chi connectivity index (χ2n) is 1.60. The molecule has 0 saturated carbocycles. The molecule has 58 valence electrons. The lowest BCUT2D eigenvalue weighted by Gasteiger charge is -2.09. The van der Waals surface area contributed by atoms with Gasteiger partial charge in [-0.3, -0.25) is 4.21 Å². The summed E-state index contributed by atoms with van der Waals surface area (Å²) >= 11 is 0. The Morgan fingerprint density at radius 3 is 2.00 bits per heavy atom. The van der Waals surface area contributed by atoms with E-state index >= 15 is 0 Å². The van der Waals surface area contributed by atoms with E-state index in [0.29, 0.717) is 0 Å². The highest BCUT2D eigenvalue weighted by Gasteiger charge is 2.03. The van der Waals surface area contributed by atoms with Crippen molar-refractivity contribution in [2.45, 2.75) is 13.8 Å². The summed E-state index contributed by atoms with van der Waals surface area (Å²) in [5.41, 5.74) is 0. The van der Waals surface area contributed by atoms with Crippen LogP contribution in [0.1, 0.15) is 15.3 Å². The fourth-order valence-corrected chi connectivity index (χ4v) is 1.55. The number of hydrogen-bond acceptors (Lipinski definition) is 2. The normalized spacial score (nSPS) is 20.2.